The van der Waals surface area contributed by atoms with Crippen LogP contribution in [-0.4, -0.2) is 28.5 Å². The lowest BCUT2D eigenvalue weighted by molar-refractivity contribution is 0.0593. The van der Waals surface area contributed by atoms with Crippen LogP contribution in [0.5, 0.6) is 0 Å². The third kappa shape index (κ3) is 2.78. The summed E-state index contributed by atoms with van der Waals surface area (Å²) in [6.07, 6.45) is 1.03. The number of likely N-dealkylation sites (tertiary alicyclic amines) is 1. The Morgan fingerprint density at radius 2 is 1.86 bits per heavy atom. The van der Waals surface area contributed by atoms with E-state index >= 15 is 0 Å². The monoisotopic (exact) mass is 374 g/mol. The fourth-order valence-electron chi connectivity index (χ4n) is 4.67. The van der Waals surface area contributed by atoms with Crippen LogP contribution < -0.4 is 5.56 Å². The Balaban J connectivity index is 1.43. The summed E-state index contributed by atoms with van der Waals surface area (Å²) in [6.45, 7) is 3.86. The summed E-state index contributed by atoms with van der Waals surface area (Å²) in [5.74, 6) is 1.92. The fourth-order valence-corrected chi connectivity index (χ4v) is 4.67. The average molecular weight is 374 g/mol. The van der Waals surface area contributed by atoms with Gasteiger partial charge in [0, 0.05) is 42.9 Å². The maximum atomic E-state index is 13.3. The molecule has 1 fully saturated rings. The van der Waals surface area contributed by atoms with Gasteiger partial charge in [-0.3, -0.25) is 9.59 Å². The summed E-state index contributed by atoms with van der Waals surface area (Å²) in [5.41, 5.74) is 2.71. The zero-order valence-electron chi connectivity index (χ0n) is 15.8. The molecule has 0 unspecified atom stereocenters. The normalized spacial score (nSPS) is 20.7. The van der Waals surface area contributed by atoms with Crippen LogP contribution >= 0.6 is 0 Å². The van der Waals surface area contributed by atoms with Gasteiger partial charge in [0.15, 0.2) is 0 Å². The van der Waals surface area contributed by atoms with Gasteiger partial charge in [-0.2, -0.15) is 0 Å². The number of piperidine rings is 1. The number of benzene rings is 1. The summed E-state index contributed by atoms with van der Waals surface area (Å²) in [4.78, 5) is 27.4. The lowest BCUT2D eigenvalue weighted by Crippen LogP contribution is -2.49. The minimum Gasteiger partial charge on any atom is -0.461 e. The Morgan fingerprint density at radius 3 is 2.68 bits per heavy atom. The first-order valence-corrected chi connectivity index (χ1v) is 9.75. The van der Waals surface area contributed by atoms with Gasteiger partial charge < -0.3 is 13.9 Å². The van der Waals surface area contributed by atoms with E-state index in [0.29, 0.717) is 36.9 Å². The van der Waals surface area contributed by atoms with E-state index in [1.165, 1.54) is 0 Å². The predicted molar refractivity (Wildman–Crippen MR) is 106 cm³/mol. The van der Waals surface area contributed by atoms with Crippen molar-refractivity contribution in [2.24, 2.45) is 5.92 Å². The van der Waals surface area contributed by atoms with Crippen molar-refractivity contribution in [3.05, 3.63) is 82.0 Å². The van der Waals surface area contributed by atoms with Crippen LogP contribution in [0.1, 0.15) is 34.2 Å². The van der Waals surface area contributed by atoms with Crippen molar-refractivity contribution in [2.45, 2.75) is 25.8 Å². The first-order valence-electron chi connectivity index (χ1n) is 9.75. The van der Waals surface area contributed by atoms with E-state index in [4.69, 9.17) is 4.42 Å². The third-order valence-corrected chi connectivity index (χ3v) is 5.97. The molecule has 0 spiro atoms. The topological polar surface area (TPSA) is 55.5 Å². The Labute approximate surface area is 163 Å². The van der Waals surface area contributed by atoms with Crippen LogP contribution in [0.15, 0.2) is 63.8 Å². The van der Waals surface area contributed by atoms with Crippen molar-refractivity contribution in [3.8, 4) is 11.3 Å². The van der Waals surface area contributed by atoms with Gasteiger partial charge in [-0.1, -0.05) is 36.4 Å². The summed E-state index contributed by atoms with van der Waals surface area (Å²) < 4.78 is 7.77. The molecule has 2 aliphatic rings. The van der Waals surface area contributed by atoms with Crippen molar-refractivity contribution in [1.82, 2.24) is 9.47 Å². The van der Waals surface area contributed by atoms with Crippen LogP contribution in [0.3, 0.4) is 0 Å². The van der Waals surface area contributed by atoms with Gasteiger partial charge in [0.05, 0.1) is 5.56 Å². The number of fused-ring (bicyclic) bond motifs is 4. The van der Waals surface area contributed by atoms with E-state index in [1.807, 2.05) is 64.9 Å². The molecule has 2 aliphatic heterocycles. The Bertz CT molecular complexity index is 1100. The minimum absolute atomic E-state index is 0.0184. The molecule has 0 N–H and O–H groups in total. The zero-order valence-corrected chi connectivity index (χ0v) is 15.8. The Morgan fingerprint density at radius 1 is 1.04 bits per heavy atom. The number of aromatic nitrogens is 1. The maximum absolute atomic E-state index is 13.3. The number of carbonyl (C=O) groups excluding carboxylic acids is 1. The molecule has 28 heavy (non-hydrogen) atoms. The number of hydrogen-bond acceptors (Lipinski definition) is 3. The molecule has 1 aromatic carbocycles. The standard InChI is InChI=1S/C23H22N2O3/c1-15-19(11-21(28-15)17-6-3-2-4-7-17)23(27)24-12-16-10-18(14-24)20-8-5-9-22(26)25(20)13-16/h2-9,11,16,18H,10,12-14H2,1H3/t16-,18-/m1/s1. The van der Waals surface area contributed by atoms with Crippen molar-refractivity contribution in [3.63, 3.8) is 0 Å². The molecule has 2 bridgehead atoms. The maximum Gasteiger partial charge on any atom is 0.257 e. The predicted octanol–water partition coefficient (Wildman–Crippen LogP) is 3.68. The van der Waals surface area contributed by atoms with Gasteiger partial charge in [0.2, 0.25) is 0 Å². The van der Waals surface area contributed by atoms with E-state index in [-0.39, 0.29) is 17.4 Å². The summed E-state index contributed by atoms with van der Waals surface area (Å²) in [7, 11) is 0. The molecule has 1 saturated heterocycles. The molecule has 5 nitrogen and oxygen atoms in total. The van der Waals surface area contributed by atoms with Crippen molar-refractivity contribution < 1.29 is 9.21 Å². The van der Waals surface area contributed by atoms with Crippen molar-refractivity contribution in [2.75, 3.05) is 13.1 Å². The second-order valence-electron chi connectivity index (χ2n) is 7.85. The molecule has 3 aromatic rings. The van der Waals surface area contributed by atoms with Gasteiger partial charge in [-0.15, -0.1) is 0 Å². The molecule has 0 aliphatic carbocycles. The van der Waals surface area contributed by atoms with Crippen molar-refractivity contribution >= 4 is 5.91 Å². The highest BCUT2D eigenvalue weighted by Crippen LogP contribution is 2.36. The molecule has 5 rings (SSSR count). The first kappa shape index (κ1) is 17.0. The molecule has 2 aromatic heterocycles. The van der Waals surface area contributed by atoms with Gasteiger partial charge in [0.25, 0.3) is 11.5 Å². The molecular formula is C23H22N2O3. The number of amides is 1. The lowest BCUT2D eigenvalue weighted by atomic mass is 9.83. The zero-order chi connectivity index (χ0) is 19.3. The summed E-state index contributed by atoms with van der Waals surface area (Å²) in [6, 6.07) is 17.2. The summed E-state index contributed by atoms with van der Waals surface area (Å²) >= 11 is 0. The highest BCUT2D eigenvalue weighted by molar-refractivity contribution is 5.96. The van der Waals surface area contributed by atoms with E-state index in [2.05, 4.69) is 0 Å². The molecule has 1 amide bonds. The van der Waals surface area contributed by atoms with Crippen molar-refractivity contribution in [1.29, 1.82) is 0 Å². The van der Waals surface area contributed by atoms with E-state index < -0.39 is 0 Å². The van der Waals surface area contributed by atoms with Crippen LogP contribution in [0.2, 0.25) is 0 Å². The van der Waals surface area contributed by atoms with Gasteiger partial charge >= 0.3 is 0 Å². The van der Waals surface area contributed by atoms with Gasteiger partial charge in [-0.05, 0) is 31.4 Å². The van der Waals surface area contributed by atoms with Crippen LogP contribution in [0.4, 0.5) is 0 Å². The SMILES string of the molecule is Cc1oc(-c2ccccc2)cc1C(=O)N1C[C@H]2C[C@H](C1)c1cccc(=O)n1C2. The third-order valence-electron chi connectivity index (χ3n) is 5.97. The highest BCUT2D eigenvalue weighted by atomic mass is 16.3. The molecule has 142 valence electrons. The summed E-state index contributed by atoms with van der Waals surface area (Å²) in [5, 5.41) is 0. The molecular weight excluding hydrogens is 352 g/mol. The largest absolute Gasteiger partial charge is 0.461 e. The number of aryl methyl sites for hydroxylation is 1. The highest BCUT2D eigenvalue weighted by Gasteiger charge is 2.37. The van der Waals surface area contributed by atoms with Gasteiger partial charge in [-0.25, -0.2) is 0 Å². The number of nitrogens with zero attached hydrogens (tertiary/aromatic N) is 2. The number of furan rings is 1. The number of rotatable bonds is 2. The fraction of sp³-hybridized carbons (Fsp3) is 0.304. The van der Waals surface area contributed by atoms with E-state index in [0.717, 1.165) is 23.4 Å². The quantitative estimate of drug-likeness (QED) is 0.688. The molecule has 4 heterocycles. The molecule has 2 atom stereocenters. The number of hydrogen-bond donors (Lipinski definition) is 0. The molecule has 5 heteroatoms. The smallest absolute Gasteiger partial charge is 0.257 e. The minimum atomic E-state index is 0.0184. The second-order valence-corrected chi connectivity index (χ2v) is 7.85. The van der Waals surface area contributed by atoms with Crippen LogP contribution in [0, 0.1) is 12.8 Å². The van der Waals surface area contributed by atoms with Gasteiger partial charge in [0.1, 0.15) is 11.5 Å². The Kier molecular flexibility index (Phi) is 3.97. The average Bonchev–Trinajstić information content (AvgIpc) is 3.10. The number of carbonyl (C=O) groups is 1. The lowest BCUT2D eigenvalue weighted by Gasteiger charge is -2.42. The molecule has 0 radical (unpaired) electrons. The number of pyridine rings is 1. The van der Waals surface area contributed by atoms with Crippen LogP contribution in [-0.2, 0) is 6.54 Å². The Hall–Kier alpha value is -3.08. The van der Waals surface area contributed by atoms with E-state index in [1.54, 1.807) is 6.07 Å². The molecule has 0 saturated carbocycles. The van der Waals surface area contributed by atoms with Crippen LogP contribution in [0.25, 0.3) is 11.3 Å². The first-order chi connectivity index (χ1) is 13.6. The second kappa shape index (κ2) is 6.51. The van der Waals surface area contributed by atoms with E-state index in [9.17, 15) is 9.59 Å².